The number of pyridine rings is 1. The number of nitrogens with zero attached hydrogens (tertiary/aromatic N) is 1. The van der Waals surface area contributed by atoms with Crippen molar-refractivity contribution in [3.05, 3.63) is 23.6 Å². The van der Waals surface area contributed by atoms with E-state index in [0.29, 0.717) is 12.1 Å². The summed E-state index contributed by atoms with van der Waals surface area (Å²) in [6.07, 6.45) is 1.48. The molecule has 1 N–H and O–H groups in total. The first-order valence-corrected chi connectivity index (χ1v) is 4.59. The molecule has 0 bridgehead atoms. The van der Waals surface area contributed by atoms with Crippen molar-refractivity contribution in [1.29, 1.82) is 0 Å². The van der Waals surface area contributed by atoms with Crippen molar-refractivity contribution in [1.82, 2.24) is 10.3 Å². The summed E-state index contributed by atoms with van der Waals surface area (Å²) in [5, 5.41) is 2.88. The maximum Gasteiger partial charge on any atom is 0.250 e. The smallest absolute Gasteiger partial charge is 0.250 e. The summed E-state index contributed by atoms with van der Waals surface area (Å²) < 4.78 is 18.8. The summed E-state index contributed by atoms with van der Waals surface area (Å²) in [5.41, 5.74) is 0.568. The van der Waals surface area contributed by atoms with Crippen molar-refractivity contribution < 1.29 is 9.13 Å². The Morgan fingerprint density at radius 2 is 2.29 bits per heavy atom. The van der Waals surface area contributed by atoms with Gasteiger partial charge in [-0.05, 0) is 27.0 Å². The number of rotatable bonds is 4. The molecule has 0 amide bonds. The van der Waals surface area contributed by atoms with Crippen molar-refractivity contribution in [2.75, 3.05) is 7.05 Å². The van der Waals surface area contributed by atoms with Gasteiger partial charge < -0.3 is 10.1 Å². The normalized spacial score (nSPS) is 10.6. The standard InChI is InChI=1S/C10H15FN2O/c1-7(2)14-10-9(11)8(6-12-3)4-5-13-10/h4-5,7,12H,6H2,1-3H3. The van der Waals surface area contributed by atoms with Crippen LogP contribution in [0.5, 0.6) is 5.88 Å². The molecule has 0 radical (unpaired) electrons. The van der Waals surface area contributed by atoms with Gasteiger partial charge in [-0.15, -0.1) is 0 Å². The first-order chi connectivity index (χ1) is 6.65. The van der Waals surface area contributed by atoms with Gasteiger partial charge in [0.1, 0.15) is 0 Å². The van der Waals surface area contributed by atoms with Gasteiger partial charge in [0, 0.05) is 18.3 Å². The molecule has 0 spiro atoms. The zero-order chi connectivity index (χ0) is 10.6. The van der Waals surface area contributed by atoms with Crippen LogP contribution < -0.4 is 10.1 Å². The molecule has 1 aromatic heterocycles. The minimum Gasteiger partial charge on any atom is -0.473 e. The first kappa shape index (κ1) is 10.9. The molecule has 1 rings (SSSR count). The molecule has 0 saturated heterocycles. The summed E-state index contributed by atoms with van der Waals surface area (Å²) in [5.74, 6) is -0.302. The molecule has 3 nitrogen and oxygen atoms in total. The van der Waals surface area contributed by atoms with Gasteiger partial charge in [-0.3, -0.25) is 0 Å². The molecule has 0 aliphatic heterocycles. The van der Waals surface area contributed by atoms with E-state index in [9.17, 15) is 4.39 Å². The topological polar surface area (TPSA) is 34.2 Å². The molecule has 0 fully saturated rings. The third-order valence-corrected chi connectivity index (χ3v) is 1.65. The lowest BCUT2D eigenvalue weighted by Crippen LogP contribution is -2.12. The number of hydrogen-bond acceptors (Lipinski definition) is 3. The summed E-state index contributed by atoms with van der Waals surface area (Å²) in [6.45, 7) is 4.15. The summed E-state index contributed by atoms with van der Waals surface area (Å²) >= 11 is 0. The lowest BCUT2D eigenvalue weighted by molar-refractivity contribution is 0.220. The Balaban J connectivity index is 2.89. The number of aromatic nitrogens is 1. The zero-order valence-electron chi connectivity index (χ0n) is 8.67. The number of hydrogen-bond donors (Lipinski definition) is 1. The fourth-order valence-corrected chi connectivity index (χ4v) is 1.09. The molecule has 14 heavy (non-hydrogen) atoms. The molecule has 0 aliphatic carbocycles. The second kappa shape index (κ2) is 4.91. The van der Waals surface area contributed by atoms with Crippen molar-refractivity contribution >= 4 is 0 Å². The van der Waals surface area contributed by atoms with Crippen LogP contribution in [0, 0.1) is 5.82 Å². The van der Waals surface area contributed by atoms with Crippen molar-refractivity contribution in [2.24, 2.45) is 0 Å². The highest BCUT2D eigenvalue weighted by Crippen LogP contribution is 2.18. The van der Waals surface area contributed by atoms with Gasteiger partial charge in [-0.2, -0.15) is 0 Å². The summed E-state index contributed by atoms with van der Waals surface area (Å²) in [4.78, 5) is 3.84. The predicted molar refractivity (Wildman–Crippen MR) is 52.7 cm³/mol. The van der Waals surface area contributed by atoms with E-state index >= 15 is 0 Å². The van der Waals surface area contributed by atoms with Gasteiger partial charge in [-0.1, -0.05) is 0 Å². The molecule has 0 atom stereocenters. The van der Waals surface area contributed by atoms with E-state index in [2.05, 4.69) is 10.3 Å². The minimum atomic E-state index is -0.379. The molecule has 0 unspecified atom stereocenters. The number of ether oxygens (including phenoxy) is 1. The van der Waals surface area contributed by atoms with Crippen LogP contribution in [-0.4, -0.2) is 18.1 Å². The Hall–Kier alpha value is -1.16. The average molecular weight is 198 g/mol. The van der Waals surface area contributed by atoms with Crippen LogP contribution in [0.1, 0.15) is 19.4 Å². The molecule has 0 aliphatic rings. The predicted octanol–water partition coefficient (Wildman–Crippen LogP) is 1.73. The minimum absolute atomic E-state index is 0.0677. The quantitative estimate of drug-likeness (QED) is 0.800. The zero-order valence-corrected chi connectivity index (χ0v) is 8.67. The molecule has 0 aromatic carbocycles. The van der Waals surface area contributed by atoms with Crippen molar-refractivity contribution in [3.63, 3.8) is 0 Å². The fraction of sp³-hybridized carbons (Fsp3) is 0.500. The fourth-order valence-electron chi connectivity index (χ4n) is 1.09. The molecule has 78 valence electrons. The van der Waals surface area contributed by atoms with Gasteiger partial charge in [0.2, 0.25) is 0 Å². The highest BCUT2D eigenvalue weighted by atomic mass is 19.1. The van der Waals surface area contributed by atoms with Gasteiger partial charge in [0.15, 0.2) is 5.82 Å². The molecular weight excluding hydrogens is 183 g/mol. The molecule has 0 saturated carbocycles. The third kappa shape index (κ3) is 2.67. The van der Waals surface area contributed by atoms with Crippen molar-refractivity contribution in [3.8, 4) is 5.88 Å². The van der Waals surface area contributed by atoms with E-state index in [1.54, 1.807) is 19.3 Å². The van der Waals surface area contributed by atoms with Crippen LogP contribution >= 0.6 is 0 Å². The maximum absolute atomic E-state index is 13.6. The molecule has 4 heteroatoms. The van der Waals surface area contributed by atoms with Crippen LogP contribution in [0.25, 0.3) is 0 Å². The van der Waals surface area contributed by atoms with Gasteiger partial charge in [0.05, 0.1) is 6.10 Å². The Labute approximate surface area is 83.3 Å². The molecule has 1 aromatic rings. The Kier molecular flexibility index (Phi) is 3.83. The molecular formula is C10H15FN2O. The van der Waals surface area contributed by atoms with Gasteiger partial charge in [0.25, 0.3) is 5.88 Å². The Bertz CT molecular complexity index is 302. The Morgan fingerprint density at radius 3 is 2.86 bits per heavy atom. The second-order valence-electron chi connectivity index (χ2n) is 3.29. The average Bonchev–Trinajstić information content (AvgIpc) is 2.11. The van der Waals surface area contributed by atoms with E-state index < -0.39 is 0 Å². The van der Waals surface area contributed by atoms with E-state index in [1.165, 1.54) is 0 Å². The Morgan fingerprint density at radius 1 is 1.57 bits per heavy atom. The highest BCUT2D eigenvalue weighted by Gasteiger charge is 2.10. The van der Waals surface area contributed by atoms with E-state index in [0.717, 1.165) is 0 Å². The molecule has 1 heterocycles. The lowest BCUT2D eigenvalue weighted by atomic mass is 10.2. The van der Waals surface area contributed by atoms with Crippen LogP contribution in [-0.2, 0) is 6.54 Å². The summed E-state index contributed by atoms with van der Waals surface area (Å²) in [7, 11) is 1.77. The number of nitrogens with one attached hydrogen (secondary N) is 1. The van der Waals surface area contributed by atoms with Crippen LogP contribution in [0.4, 0.5) is 4.39 Å². The monoisotopic (exact) mass is 198 g/mol. The SMILES string of the molecule is CNCc1ccnc(OC(C)C)c1F. The highest BCUT2D eigenvalue weighted by molar-refractivity contribution is 5.23. The van der Waals surface area contributed by atoms with E-state index in [4.69, 9.17) is 4.74 Å². The van der Waals surface area contributed by atoms with E-state index in [1.807, 2.05) is 13.8 Å². The lowest BCUT2D eigenvalue weighted by Gasteiger charge is -2.11. The maximum atomic E-state index is 13.6. The van der Waals surface area contributed by atoms with Crippen LogP contribution in [0.15, 0.2) is 12.3 Å². The van der Waals surface area contributed by atoms with Crippen LogP contribution in [0.2, 0.25) is 0 Å². The number of halogens is 1. The van der Waals surface area contributed by atoms with Gasteiger partial charge >= 0.3 is 0 Å². The third-order valence-electron chi connectivity index (χ3n) is 1.65. The largest absolute Gasteiger partial charge is 0.473 e. The van der Waals surface area contributed by atoms with Crippen molar-refractivity contribution in [2.45, 2.75) is 26.5 Å². The van der Waals surface area contributed by atoms with Crippen LogP contribution in [0.3, 0.4) is 0 Å². The summed E-state index contributed by atoms with van der Waals surface area (Å²) in [6, 6.07) is 1.64. The van der Waals surface area contributed by atoms with Gasteiger partial charge in [-0.25, -0.2) is 9.37 Å². The first-order valence-electron chi connectivity index (χ1n) is 4.59. The second-order valence-corrected chi connectivity index (χ2v) is 3.29. The van der Waals surface area contributed by atoms with E-state index in [-0.39, 0.29) is 17.8 Å².